The molecule has 11 heteroatoms. The van der Waals surface area contributed by atoms with E-state index >= 15 is 0 Å². The third kappa shape index (κ3) is 13.0. The number of anilines is 1. The molecule has 0 aliphatic carbocycles. The standard InChI is InChI=1S/C40H51Cl4NO6/c1-5-7-9-11-15-28-17-18-30(27-29(28)16-12-10-8-6-2)45(23-13-25-50-39(46)35-31(41)19-21-33(43)37(35)48-3)24-14-26-51-40(47)36-32(42)20-22-34(44)38(36)49-4/h17-22,27H,5-16,23-26H2,1-4H3. The van der Waals surface area contributed by atoms with Crippen LogP contribution in [0.25, 0.3) is 0 Å². The first-order chi connectivity index (χ1) is 24.7. The minimum absolute atomic E-state index is 0.101. The highest BCUT2D eigenvalue weighted by Gasteiger charge is 2.22. The summed E-state index contributed by atoms with van der Waals surface area (Å²) in [5.74, 6) is -0.837. The molecule has 280 valence electrons. The van der Waals surface area contributed by atoms with Crippen molar-refractivity contribution in [3.63, 3.8) is 0 Å². The molecule has 0 spiro atoms. The molecular formula is C40H51Cl4NO6. The third-order valence-electron chi connectivity index (χ3n) is 8.70. The third-order valence-corrected chi connectivity index (χ3v) is 9.92. The van der Waals surface area contributed by atoms with Crippen LogP contribution in [0.2, 0.25) is 20.1 Å². The molecule has 0 saturated heterocycles. The summed E-state index contributed by atoms with van der Waals surface area (Å²) >= 11 is 25.1. The molecule has 0 amide bonds. The lowest BCUT2D eigenvalue weighted by Crippen LogP contribution is -2.28. The molecule has 0 fully saturated rings. The summed E-state index contributed by atoms with van der Waals surface area (Å²) in [6.07, 6.45) is 12.8. The highest BCUT2D eigenvalue weighted by Crippen LogP contribution is 2.35. The Bertz CT molecular complexity index is 1490. The number of ether oxygens (including phenoxy) is 4. The molecule has 0 heterocycles. The molecule has 0 unspecified atom stereocenters. The smallest absolute Gasteiger partial charge is 0.343 e. The lowest BCUT2D eigenvalue weighted by Gasteiger charge is -2.26. The Morgan fingerprint density at radius 3 is 1.47 bits per heavy atom. The summed E-state index contributed by atoms with van der Waals surface area (Å²) in [5, 5.41) is 0.956. The predicted molar refractivity (Wildman–Crippen MR) is 210 cm³/mol. The first-order valence-electron chi connectivity index (χ1n) is 17.9. The van der Waals surface area contributed by atoms with Gasteiger partial charge >= 0.3 is 11.9 Å². The molecule has 3 aromatic rings. The van der Waals surface area contributed by atoms with Gasteiger partial charge in [-0.15, -0.1) is 0 Å². The van der Waals surface area contributed by atoms with Gasteiger partial charge in [0.25, 0.3) is 0 Å². The fourth-order valence-corrected chi connectivity index (χ4v) is 6.89. The fraction of sp³-hybridized carbons (Fsp3) is 0.500. The Hall–Kier alpha value is -2.84. The molecule has 0 atom stereocenters. The molecule has 3 rings (SSSR count). The minimum Gasteiger partial charge on any atom is -0.494 e. The van der Waals surface area contributed by atoms with Crippen molar-refractivity contribution in [3.05, 3.63) is 84.8 Å². The van der Waals surface area contributed by atoms with Crippen LogP contribution in [0.1, 0.15) is 110 Å². The number of halogens is 4. The van der Waals surface area contributed by atoms with Gasteiger partial charge in [0.05, 0.1) is 47.5 Å². The van der Waals surface area contributed by atoms with Crippen LogP contribution in [0, 0.1) is 0 Å². The number of aryl methyl sites for hydroxylation is 2. The number of unbranched alkanes of at least 4 members (excludes halogenated alkanes) is 6. The van der Waals surface area contributed by atoms with Crippen LogP contribution in [0.4, 0.5) is 5.69 Å². The maximum absolute atomic E-state index is 13.0. The van der Waals surface area contributed by atoms with Crippen molar-refractivity contribution in [2.75, 3.05) is 45.4 Å². The van der Waals surface area contributed by atoms with E-state index in [-0.39, 0.29) is 55.9 Å². The van der Waals surface area contributed by atoms with Gasteiger partial charge < -0.3 is 23.8 Å². The zero-order chi connectivity index (χ0) is 37.2. The summed E-state index contributed by atoms with van der Waals surface area (Å²) in [7, 11) is 2.86. The second-order valence-electron chi connectivity index (χ2n) is 12.4. The fourth-order valence-electron chi connectivity index (χ4n) is 5.97. The van der Waals surface area contributed by atoms with Crippen molar-refractivity contribution in [2.45, 2.75) is 90.9 Å². The van der Waals surface area contributed by atoms with Gasteiger partial charge in [-0.2, -0.15) is 0 Å². The Balaban J connectivity index is 1.76. The van der Waals surface area contributed by atoms with E-state index in [1.165, 1.54) is 70.3 Å². The number of hydrogen-bond acceptors (Lipinski definition) is 7. The number of carbonyl (C=O) groups is 2. The van der Waals surface area contributed by atoms with Crippen LogP contribution in [-0.4, -0.2) is 52.5 Å². The van der Waals surface area contributed by atoms with Crippen LogP contribution in [0.15, 0.2) is 42.5 Å². The minimum atomic E-state index is -0.602. The number of carbonyl (C=O) groups excluding carboxylic acids is 2. The van der Waals surface area contributed by atoms with Crippen molar-refractivity contribution in [1.82, 2.24) is 0 Å². The maximum atomic E-state index is 13.0. The van der Waals surface area contributed by atoms with Crippen molar-refractivity contribution in [2.24, 2.45) is 0 Å². The number of methoxy groups -OCH3 is 2. The predicted octanol–water partition coefficient (Wildman–Crippen LogP) is 11.9. The van der Waals surface area contributed by atoms with Gasteiger partial charge in [0.15, 0.2) is 11.5 Å². The van der Waals surface area contributed by atoms with E-state index in [0.29, 0.717) is 25.9 Å². The van der Waals surface area contributed by atoms with Crippen LogP contribution >= 0.6 is 46.4 Å². The molecule has 7 nitrogen and oxygen atoms in total. The molecule has 3 aromatic carbocycles. The summed E-state index contributed by atoms with van der Waals surface area (Å²) < 4.78 is 21.9. The van der Waals surface area contributed by atoms with Gasteiger partial charge in [0, 0.05) is 18.8 Å². The average Bonchev–Trinajstić information content (AvgIpc) is 3.12. The van der Waals surface area contributed by atoms with Gasteiger partial charge in [-0.3, -0.25) is 0 Å². The maximum Gasteiger partial charge on any atom is 0.343 e. The van der Waals surface area contributed by atoms with Crippen LogP contribution in [0.5, 0.6) is 11.5 Å². The summed E-state index contributed by atoms with van der Waals surface area (Å²) in [6, 6.07) is 13.0. The van der Waals surface area contributed by atoms with E-state index in [1.807, 2.05) is 0 Å². The zero-order valence-corrected chi connectivity index (χ0v) is 33.3. The van der Waals surface area contributed by atoms with E-state index in [4.69, 9.17) is 65.4 Å². The van der Waals surface area contributed by atoms with Crippen molar-refractivity contribution < 1.29 is 28.5 Å². The quantitative estimate of drug-likeness (QED) is 0.0700. The van der Waals surface area contributed by atoms with Gasteiger partial charge in [0.1, 0.15) is 11.1 Å². The van der Waals surface area contributed by atoms with E-state index < -0.39 is 11.9 Å². The lowest BCUT2D eigenvalue weighted by atomic mass is 9.95. The average molecular weight is 784 g/mol. The number of hydrogen-bond donors (Lipinski definition) is 0. The largest absolute Gasteiger partial charge is 0.494 e. The topological polar surface area (TPSA) is 74.3 Å². The Morgan fingerprint density at radius 1 is 0.569 bits per heavy atom. The van der Waals surface area contributed by atoms with Gasteiger partial charge in [-0.25, -0.2) is 9.59 Å². The Labute approximate surface area is 323 Å². The van der Waals surface area contributed by atoms with Crippen LogP contribution in [-0.2, 0) is 22.3 Å². The van der Waals surface area contributed by atoms with Crippen LogP contribution in [0.3, 0.4) is 0 Å². The molecule has 0 aliphatic heterocycles. The van der Waals surface area contributed by atoms with Gasteiger partial charge in [-0.05, 0) is 86.1 Å². The molecule has 0 aromatic heterocycles. The SMILES string of the molecule is CCCCCCc1ccc(N(CCCOC(=O)c2c(Cl)ccc(Cl)c2OC)CCCOC(=O)c2c(Cl)ccc(Cl)c2OC)cc1CCCCCC. The molecule has 0 radical (unpaired) electrons. The highest BCUT2D eigenvalue weighted by molar-refractivity contribution is 6.37. The van der Waals surface area contributed by atoms with Gasteiger partial charge in [0.2, 0.25) is 0 Å². The number of nitrogens with zero attached hydrogens (tertiary/aromatic N) is 1. The molecule has 0 aliphatic rings. The molecule has 0 saturated carbocycles. The normalized spacial score (nSPS) is 11.0. The summed E-state index contributed by atoms with van der Waals surface area (Å²) in [6.45, 7) is 5.97. The highest BCUT2D eigenvalue weighted by atomic mass is 35.5. The number of rotatable bonds is 23. The second kappa shape index (κ2) is 23.0. The first kappa shape index (κ1) is 42.6. The molecule has 51 heavy (non-hydrogen) atoms. The summed E-state index contributed by atoms with van der Waals surface area (Å²) in [4.78, 5) is 28.3. The second-order valence-corrected chi connectivity index (χ2v) is 14.0. The van der Waals surface area contributed by atoms with Crippen molar-refractivity contribution in [3.8, 4) is 11.5 Å². The van der Waals surface area contributed by atoms with Gasteiger partial charge in [-0.1, -0.05) is 105 Å². The molecular weight excluding hydrogens is 732 g/mol. The van der Waals surface area contributed by atoms with E-state index in [1.54, 1.807) is 24.3 Å². The lowest BCUT2D eigenvalue weighted by molar-refractivity contribution is 0.0494. The monoisotopic (exact) mass is 781 g/mol. The van der Waals surface area contributed by atoms with Crippen molar-refractivity contribution >= 4 is 64.0 Å². The zero-order valence-electron chi connectivity index (χ0n) is 30.3. The van der Waals surface area contributed by atoms with E-state index in [0.717, 1.165) is 24.9 Å². The van der Waals surface area contributed by atoms with E-state index in [2.05, 4.69) is 36.9 Å². The van der Waals surface area contributed by atoms with E-state index in [9.17, 15) is 9.59 Å². The first-order valence-corrected chi connectivity index (χ1v) is 19.4. The number of esters is 2. The Morgan fingerprint density at radius 2 is 1.02 bits per heavy atom. The molecule has 0 N–H and O–H groups in total. The Kier molecular flexibility index (Phi) is 19.2. The summed E-state index contributed by atoms with van der Waals surface area (Å²) in [5.41, 5.74) is 4.07. The number of benzene rings is 3. The van der Waals surface area contributed by atoms with Crippen LogP contribution < -0.4 is 14.4 Å². The van der Waals surface area contributed by atoms with Crippen molar-refractivity contribution in [1.29, 1.82) is 0 Å². The molecule has 0 bridgehead atoms.